The quantitative estimate of drug-likeness (QED) is 0.760. The van der Waals surface area contributed by atoms with Gasteiger partial charge in [0.1, 0.15) is 12.1 Å². The van der Waals surface area contributed by atoms with E-state index in [1.165, 1.54) is 19.3 Å². The third-order valence-corrected chi connectivity index (χ3v) is 2.67. The fraction of sp³-hybridized carbons (Fsp3) is 0.600. The molecule has 0 atom stereocenters. The summed E-state index contributed by atoms with van der Waals surface area (Å²) in [6.45, 7) is 3.25. The van der Waals surface area contributed by atoms with Crippen molar-refractivity contribution < 1.29 is 0 Å². The molecule has 1 aromatic heterocycles. The Morgan fingerprint density at radius 3 is 2.86 bits per heavy atom. The van der Waals surface area contributed by atoms with Crippen molar-refractivity contribution in [2.24, 2.45) is 0 Å². The molecule has 0 amide bonds. The molecule has 0 aromatic carbocycles. The minimum Gasteiger partial charge on any atom is -0.359 e. The predicted molar refractivity (Wildman–Crippen MR) is 62.5 cm³/mol. The molecule has 78 valence electrons. The fourth-order valence-corrected chi connectivity index (χ4v) is 1.82. The molecule has 0 N–H and O–H groups in total. The van der Waals surface area contributed by atoms with Gasteiger partial charge in [0.25, 0.3) is 0 Å². The maximum atomic E-state index is 4.22. The summed E-state index contributed by atoms with van der Waals surface area (Å²) in [6, 6.07) is 0. The summed E-state index contributed by atoms with van der Waals surface area (Å²) in [5.41, 5.74) is 0. The molecule has 3 nitrogen and oxygen atoms in total. The smallest absolute Gasteiger partial charge is 0.146 e. The standard InChI is InChI=1S/C10H16BrN3/c1-3-4-5-6-14(2)10-9(11)7-12-8-13-10/h7-8H,3-6H2,1-2H3. The molecule has 0 spiro atoms. The van der Waals surface area contributed by atoms with E-state index in [0.29, 0.717) is 0 Å². The lowest BCUT2D eigenvalue weighted by Crippen LogP contribution is -2.20. The van der Waals surface area contributed by atoms with Crippen LogP contribution in [-0.4, -0.2) is 23.6 Å². The van der Waals surface area contributed by atoms with Gasteiger partial charge in [-0.1, -0.05) is 19.8 Å². The molecule has 0 saturated heterocycles. The van der Waals surface area contributed by atoms with Gasteiger partial charge in [0.2, 0.25) is 0 Å². The highest BCUT2D eigenvalue weighted by Crippen LogP contribution is 2.20. The Bertz CT molecular complexity index is 278. The Morgan fingerprint density at radius 1 is 1.43 bits per heavy atom. The van der Waals surface area contributed by atoms with Gasteiger partial charge < -0.3 is 4.90 Å². The number of nitrogens with zero attached hydrogens (tertiary/aromatic N) is 3. The molecular formula is C10H16BrN3. The monoisotopic (exact) mass is 257 g/mol. The van der Waals surface area contributed by atoms with Crippen LogP contribution in [0.1, 0.15) is 26.2 Å². The van der Waals surface area contributed by atoms with E-state index in [0.717, 1.165) is 16.8 Å². The van der Waals surface area contributed by atoms with E-state index in [4.69, 9.17) is 0 Å². The molecule has 1 heterocycles. The van der Waals surface area contributed by atoms with Crippen molar-refractivity contribution in [3.63, 3.8) is 0 Å². The van der Waals surface area contributed by atoms with Gasteiger partial charge in [-0.05, 0) is 22.4 Å². The maximum Gasteiger partial charge on any atom is 0.146 e. The first kappa shape index (κ1) is 11.4. The Labute approximate surface area is 93.7 Å². The average Bonchev–Trinajstić information content (AvgIpc) is 2.18. The summed E-state index contributed by atoms with van der Waals surface area (Å²) < 4.78 is 0.957. The second-order valence-corrected chi connectivity index (χ2v) is 4.18. The highest BCUT2D eigenvalue weighted by Gasteiger charge is 2.05. The second-order valence-electron chi connectivity index (χ2n) is 3.32. The molecule has 0 radical (unpaired) electrons. The van der Waals surface area contributed by atoms with Crippen molar-refractivity contribution in [1.82, 2.24) is 9.97 Å². The lowest BCUT2D eigenvalue weighted by molar-refractivity contribution is 0.700. The first-order chi connectivity index (χ1) is 6.75. The van der Waals surface area contributed by atoms with Gasteiger partial charge in [-0.3, -0.25) is 0 Å². The molecule has 1 aromatic rings. The van der Waals surface area contributed by atoms with Gasteiger partial charge in [0, 0.05) is 19.8 Å². The number of halogens is 1. The predicted octanol–water partition coefficient (Wildman–Crippen LogP) is 2.87. The normalized spacial score (nSPS) is 10.2. The van der Waals surface area contributed by atoms with Crippen molar-refractivity contribution in [2.75, 3.05) is 18.5 Å². The van der Waals surface area contributed by atoms with Crippen LogP contribution in [0.15, 0.2) is 17.0 Å². The first-order valence-electron chi connectivity index (χ1n) is 4.92. The molecule has 0 aliphatic carbocycles. The molecule has 0 aliphatic heterocycles. The van der Waals surface area contributed by atoms with E-state index >= 15 is 0 Å². The summed E-state index contributed by atoms with van der Waals surface area (Å²) in [6.07, 6.45) is 7.09. The lowest BCUT2D eigenvalue weighted by atomic mass is 10.2. The van der Waals surface area contributed by atoms with E-state index in [1.807, 2.05) is 0 Å². The summed E-state index contributed by atoms with van der Waals surface area (Å²) in [5, 5.41) is 0. The third kappa shape index (κ3) is 3.25. The highest BCUT2D eigenvalue weighted by molar-refractivity contribution is 9.10. The van der Waals surface area contributed by atoms with Crippen LogP contribution in [0, 0.1) is 0 Å². The van der Waals surface area contributed by atoms with Crippen LogP contribution >= 0.6 is 15.9 Å². The van der Waals surface area contributed by atoms with E-state index < -0.39 is 0 Å². The summed E-state index contributed by atoms with van der Waals surface area (Å²) in [5.74, 6) is 0.969. The molecule has 0 aliphatic rings. The minimum atomic E-state index is 0.957. The van der Waals surface area contributed by atoms with E-state index in [9.17, 15) is 0 Å². The van der Waals surface area contributed by atoms with Crippen LogP contribution in [0.5, 0.6) is 0 Å². The van der Waals surface area contributed by atoms with Gasteiger partial charge in [-0.25, -0.2) is 9.97 Å². The van der Waals surface area contributed by atoms with Gasteiger partial charge >= 0.3 is 0 Å². The van der Waals surface area contributed by atoms with Crippen LogP contribution < -0.4 is 4.90 Å². The molecule has 14 heavy (non-hydrogen) atoms. The van der Waals surface area contributed by atoms with Gasteiger partial charge in [0.15, 0.2) is 0 Å². The zero-order valence-electron chi connectivity index (χ0n) is 8.70. The molecule has 0 bridgehead atoms. The topological polar surface area (TPSA) is 29.0 Å². The van der Waals surface area contributed by atoms with Crippen molar-refractivity contribution in [1.29, 1.82) is 0 Å². The van der Waals surface area contributed by atoms with Crippen LogP contribution in [0.25, 0.3) is 0 Å². The van der Waals surface area contributed by atoms with Crippen LogP contribution in [0.2, 0.25) is 0 Å². The Balaban J connectivity index is 2.51. The van der Waals surface area contributed by atoms with Gasteiger partial charge in [-0.15, -0.1) is 0 Å². The fourth-order valence-electron chi connectivity index (χ4n) is 1.29. The van der Waals surface area contributed by atoms with E-state index in [-0.39, 0.29) is 0 Å². The summed E-state index contributed by atoms with van der Waals surface area (Å²) in [4.78, 5) is 10.3. The number of unbranched alkanes of at least 4 members (excludes halogenated alkanes) is 2. The van der Waals surface area contributed by atoms with Crippen molar-refractivity contribution in [2.45, 2.75) is 26.2 Å². The Morgan fingerprint density at radius 2 is 2.21 bits per heavy atom. The number of aromatic nitrogens is 2. The number of rotatable bonds is 5. The molecule has 4 heteroatoms. The molecule has 0 unspecified atom stereocenters. The Hall–Kier alpha value is -0.640. The molecule has 1 rings (SSSR count). The van der Waals surface area contributed by atoms with Gasteiger partial charge in [0.05, 0.1) is 4.47 Å². The Kier molecular flexibility index (Phi) is 4.87. The van der Waals surface area contributed by atoms with Crippen LogP contribution in [-0.2, 0) is 0 Å². The number of hydrogen-bond donors (Lipinski definition) is 0. The average molecular weight is 258 g/mol. The summed E-state index contributed by atoms with van der Waals surface area (Å²) >= 11 is 3.44. The highest BCUT2D eigenvalue weighted by atomic mass is 79.9. The number of anilines is 1. The first-order valence-corrected chi connectivity index (χ1v) is 5.71. The van der Waals surface area contributed by atoms with Crippen molar-refractivity contribution >= 4 is 21.7 Å². The van der Waals surface area contributed by atoms with E-state index in [1.54, 1.807) is 12.5 Å². The maximum absolute atomic E-state index is 4.22. The van der Waals surface area contributed by atoms with Crippen LogP contribution in [0.3, 0.4) is 0 Å². The zero-order valence-corrected chi connectivity index (χ0v) is 10.3. The zero-order chi connectivity index (χ0) is 10.4. The van der Waals surface area contributed by atoms with Crippen LogP contribution in [0.4, 0.5) is 5.82 Å². The van der Waals surface area contributed by atoms with Crippen molar-refractivity contribution in [3.05, 3.63) is 17.0 Å². The minimum absolute atomic E-state index is 0.957. The SMILES string of the molecule is CCCCCN(C)c1ncncc1Br. The van der Waals surface area contributed by atoms with E-state index in [2.05, 4.69) is 44.8 Å². The number of hydrogen-bond acceptors (Lipinski definition) is 3. The molecular weight excluding hydrogens is 242 g/mol. The van der Waals surface area contributed by atoms with Crippen molar-refractivity contribution in [3.8, 4) is 0 Å². The molecule has 0 fully saturated rings. The van der Waals surface area contributed by atoms with Gasteiger partial charge in [-0.2, -0.15) is 0 Å². The second kappa shape index (κ2) is 5.96. The molecule has 0 saturated carbocycles. The summed E-state index contributed by atoms with van der Waals surface area (Å²) in [7, 11) is 2.06. The largest absolute Gasteiger partial charge is 0.359 e. The lowest BCUT2D eigenvalue weighted by Gasteiger charge is -2.18. The third-order valence-electron chi connectivity index (χ3n) is 2.11.